The van der Waals surface area contributed by atoms with E-state index < -0.39 is 6.03 Å². The minimum absolute atomic E-state index is 0.0750. The smallest absolute Gasteiger partial charge is 0.332 e. The average molecular weight is 247 g/mol. The molecule has 0 aliphatic heterocycles. The molecule has 0 bridgehead atoms. The van der Waals surface area contributed by atoms with E-state index in [0.717, 1.165) is 18.4 Å². The van der Waals surface area contributed by atoms with Crippen molar-refractivity contribution in [2.24, 2.45) is 16.8 Å². The number of amides is 2. The molecule has 1 aromatic carbocycles. The fourth-order valence-electron chi connectivity index (χ4n) is 1.31. The Morgan fingerprint density at radius 2 is 2.00 bits per heavy atom. The zero-order valence-electron chi connectivity index (χ0n) is 9.63. The summed E-state index contributed by atoms with van der Waals surface area (Å²) < 4.78 is 5.16. The molecular formula is C12H13N3O3. The SMILES string of the molecule is NC(=O)NN=Cc1ccc(OC(=O)C2CC2)cc1. The molecule has 1 aliphatic carbocycles. The molecule has 2 rings (SSSR count). The van der Waals surface area contributed by atoms with Crippen molar-refractivity contribution in [1.29, 1.82) is 0 Å². The molecular weight excluding hydrogens is 234 g/mol. The molecule has 0 saturated heterocycles. The third kappa shape index (κ3) is 3.58. The van der Waals surface area contributed by atoms with Crippen LogP contribution in [0.1, 0.15) is 18.4 Å². The van der Waals surface area contributed by atoms with E-state index in [4.69, 9.17) is 10.5 Å². The van der Waals surface area contributed by atoms with E-state index in [1.54, 1.807) is 24.3 Å². The highest BCUT2D eigenvalue weighted by atomic mass is 16.5. The highest BCUT2D eigenvalue weighted by Crippen LogP contribution is 2.30. The summed E-state index contributed by atoms with van der Waals surface area (Å²) in [4.78, 5) is 21.8. The highest BCUT2D eigenvalue weighted by Gasteiger charge is 2.31. The molecule has 2 amide bonds. The van der Waals surface area contributed by atoms with E-state index in [9.17, 15) is 9.59 Å². The normalized spacial score (nSPS) is 14.4. The first-order valence-corrected chi connectivity index (χ1v) is 5.55. The zero-order chi connectivity index (χ0) is 13.0. The molecule has 18 heavy (non-hydrogen) atoms. The Kier molecular flexibility index (Phi) is 3.57. The van der Waals surface area contributed by atoms with Crippen molar-refractivity contribution in [3.8, 4) is 5.75 Å². The third-order valence-electron chi connectivity index (χ3n) is 2.40. The van der Waals surface area contributed by atoms with Crippen LogP contribution in [0.5, 0.6) is 5.75 Å². The molecule has 0 heterocycles. The van der Waals surface area contributed by atoms with Gasteiger partial charge in [-0.15, -0.1) is 0 Å². The fourth-order valence-corrected chi connectivity index (χ4v) is 1.31. The lowest BCUT2D eigenvalue weighted by Crippen LogP contribution is -2.24. The zero-order valence-corrected chi connectivity index (χ0v) is 9.63. The van der Waals surface area contributed by atoms with Crippen LogP contribution in [0.15, 0.2) is 29.4 Å². The van der Waals surface area contributed by atoms with Crippen LogP contribution in [0.2, 0.25) is 0 Å². The quantitative estimate of drug-likeness (QED) is 0.360. The number of hydrazone groups is 1. The summed E-state index contributed by atoms with van der Waals surface area (Å²) in [7, 11) is 0. The topological polar surface area (TPSA) is 93.8 Å². The van der Waals surface area contributed by atoms with Gasteiger partial charge in [-0.3, -0.25) is 4.79 Å². The van der Waals surface area contributed by atoms with E-state index in [1.165, 1.54) is 6.21 Å². The van der Waals surface area contributed by atoms with Gasteiger partial charge in [-0.05, 0) is 42.7 Å². The van der Waals surface area contributed by atoms with Crippen LogP contribution in [0.4, 0.5) is 4.79 Å². The van der Waals surface area contributed by atoms with Gasteiger partial charge >= 0.3 is 12.0 Å². The lowest BCUT2D eigenvalue weighted by atomic mass is 10.2. The van der Waals surface area contributed by atoms with Gasteiger partial charge in [0.2, 0.25) is 0 Å². The van der Waals surface area contributed by atoms with Crippen molar-refractivity contribution < 1.29 is 14.3 Å². The maximum Gasteiger partial charge on any atom is 0.332 e. The molecule has 94 valence electrons. The van der Waals surface area contributed by atoms with Gasteiger partial charge in [0, 0.05) is 0 Å². The van der Waals surface area contributed by atoms with Gasteiger partial charge in [0.05, 0.1) is 12.1 Å². The van der Waals surface area contributed by atoms with Crippen molar-refractivity contribution in [3.63, 3.8) is 0 Å². The Morgan fingerprint density at radius 3 is 2.56 bits per heavy atom. The van der Waals surface area contributed by atoms with E-state index in [2.05, 4.69) is 10.5 Å². The molecule has 1 saturated carbocycles. The molecule has 6 heteroatoms. The van der Waals surface area contributed by atoms with E-state index in [1.807, 2.05) is 0 Å². The molecule has 0 aromatic heterocycles. The number of ether oxygens (including phenoxy) is 1. The van der Waals surface area contributed by atoms with Crippen LogP contribution in [-0.4, -0.2) is 18.2 Å². The number of carbonyl (C=O) groups excluding carboxylic acids is 2. The van der Waals surface area contributed by atoms with Gasteiger partial charge in [0.15, 0.2) is 0 Å². The lowest BCUT2D eigenvalue weighted by molar-refractivity contribution is -0.135. The predicted molar refractivity (Wildman–Crippen MR) is 65.1 cm³/mol. The number of urea groups is 1. The number of nitrogens with zero attached hydrogens (tertiary/aromatic N) is 1. The Balaban J connectivity index is 1.90. The van der Waals surface area contributed by atoms with Crippen molar-refractivity contribution in [2.45, 2.75) is 12.8 Å². The number of carbonyl (C=O) groups is 2. The van der Waals surface area contributed by atoms with Crippen molar-refractivity contribution in [1.82, 2.24) is 5.43 Å². The molecule has 0 atom stereocenters. The first-order chi connectivity index (χ1) is 8.65. The first kappa shape index (κ1) is 12.1. The van der Waals surface area contributed by atoms with Crippen LogP contribution >= 0.6 is 0 Å². The first-order valence-electron chi connectivity index (χ1n) is 5.55. The largest absolute Gasteiger partial charge is 0.426 e. The summed E-state index contributed by atoms with van der Waals surface area (Å²) in [5.41, 5.74) is 7.69. The Labute approximate surface area is 104 Å². The second-order valence-electron chi connectivity index (χ2n) is 4.00. The van der Waals surface area contributed by atoms with Gasteiger partial charge in [-0.25, -0.2) is 10.2 Å². The van der Waals surface area contributed by atoms with E-state index in [-0.39, 0.29) is 11.9 Å². The summed E-state index contributed by atoms with van der Waals surface area (Å²) in [6, 6.07) is 6.07. The number of rotatable bonds is 4. The van der Waals surface area contributed by atoms with E-state index >= 15 is 0 Å². The van der Waals surface area contributed by atoms with Crippen LogP contribution in [0, 0.1) is 5.92 Å². The molecule has 3 N–H and O–H groups in total. The average Bonchev–Trinajstić information content (AvgIpc) is 3.15. The number of benzene rings is 1. The van der Waals surface area contributed by atoms with Gasteiger partial charge in [0.25, 0.3) is 0 Å². The minimum Gasteiger partial charge on any atom is -0.426 e. The molecule has 0 unspecified atom stereocenters. The Morgan fingerprint density at radius 1 is 1.33 bits per heavy atom. The number of nitrogens with one attached hydrogen (secondary N) is 1. The molecule has 1 aliphatic rings. The third-order valence-corrected chi connectivity index (χ3v) is 2.40. The maximum atomic E-state index is 11.4. The fraction of sp³-hybridized carbons (Fsp3) is 0.250. The lowest BCUT2D eigenvalue weighted by Gasteiger charge is -2.02. The van der Waals surface area contributed by atoms with Gasteiger partial charge in [-0.1, -0.05) is 0 Å². The summed E-state index contributed by atoms with van der Waals surface area (Å²) in [5.74, 6) is 0.407. The Hall–Kier alpha value is -2.37. The monoisotopic (exact) mass is 247 g/mol. The van der Waals surface area contributed by atoms with Gasteiger partial charge in [0.1, 0.15) is 5.75 Å². The number of hydrogen-bond acceptors (Lipinski definition) is 4. The van der Waals surface area contributed by atoms with Crippen molar-refractivity contribution >= 4 is 18.2 Å². The summed E-state index contributed by atoms with van der Waals surface area (Å²) >= 11 is 0. The van der Waals surface area contributed by atoms with E-state index in [0.29, 0.717) is 5.75 Å². The van der Waals surface area contributed by atoms with Gasteiger partial charge in [-0.2, -0.15) is 5.10 Å². The summed E-state index contributed by atoms with van der Waals surface area (Å²) in [5, 5.41) is 3.61. The maximum absolute atomic E-state index is 11.4. The standard InChI is InChI=1S/C12H13N3O3/c13-12(17)15-14-7-8-1-5-10(6-2-8)18-11(16)9-3-4-9/h1-2,5-7,9H,3-4H2,(H3,13,15,17). The molecule has 1 fully saturated rings. The Bertz CT molecular complexity index is 478. The summed E-state index contributed by atoms with van der Waals surface area (Å²) in [6.45, 7) is 0. The number of primary amides is 1. The summed E-state index contributed by atoms with van der Waals surface area (Å²) in [6.07, 6.45) is 3.28. The second-order valence-corrected chi connectivity index (χ2v) is 4.00. The van der Waals surface area contributed by atoms with Crippen LogP contribution < -0.4 is 15.9 Å². The second kappa shape index (κ2) is 5.31. The minimum atomic E-state index is -0.721. The molecule has 0 radical (unpaired) electrons. The molecule has 1 aromatic rings. The van der Waals surface area contributed by atoms with Crippen LogP contribution in [0.3, 0.4) is 0 Å². The molecule has 0 spiro atoms. The highest BCUT2D eigenvalue weighted by molar-refractivity contribution is 5.82. The van der Waals surface area contributed by atoms with Crippen molar-refractivity contribution in [3.05, 3.63) is 29.8 Å². The molecule has 6 nitrogen and oxygen atoms in total. The van der Waals surface area contributed by atoms with Crippen LogP contribution in [-0.2, 0) is 4.79 Å². The van der Waals surface area contributed by atoms with Crippen molar-refractivity contribution in [2.75, 3.05) is 0 Å². The number of hydrogen-bond donors (Lipinski definition) is 2. The number of esters is 1. The number of nitrogens with two attached hydrogens (primary N) is 1. The van der Waals surface area contributed by atoms with Gasteiger partial charge < -0.3 is 10.5 Å². The van der Waals surface area contributed by atoms with Crippen LogP contribution in [0.25, 0.3) is 0 Å². The predicted octanol–water partition coefficient (Wildman–Crippen LogP) is 1.00.